The molecule has 2 N–H and O–H groups in total. The van der Waals surface area contributed by atoms with Crippen molar-refractivity contribution in [1.82, 2.24) is 10.4 Å². The number of carbonyl (C=O) groups excluding carboxylic acids is 1. The minimum atomic E-state index is -0.386. The Labute approximate surface area is 183 Å². The summed E-state index contributed by atoms with van der Waals surface area (Å²) in [5.41, 5.74) is 6.74. The molecule has 0 aliphatic carbocycles. The topological polar surface area (TPSA) is 53.6 Å². The van der Waals surface area contributed by atoms with Crippen molar-refractivity contribution in [1.29, 1.82) is 0 Å². The SMILES string of the molecule is CC(C)(C)c1ccc(NC(=O)N2CCC3(C=C(c4cccc(Cl)c4)NO3)CC2)cc1. The molecule has 0 saturated carbocycles. The third-order valence-electron chi connectivity index (χ3n) is 5.81. The molecule has 0 atom stereocenters. The lowest BCUT2D eigenvalue weighted by Crippen LogP contribution is -2.48. The van der Waals surface area contributed by atoms with Gasteiger partial charge in [0.2, 0.25) is 0 Å². The number of nitrogens with one attached hydrogen (secondary N) is 2. The lowest BCUT2D eigenvalue weighted by molar-refractivity contribution is -0.0634. The van der Waals surface area contributed by atoms with Gasteiger partial charge in [-0.3, -0.25) is 10.3 Å². The van der Waals surface area contributed by atoms with Crippen LogP contribution in [0.25, 0.3) is 5.70 Å². The highest BCUT2D eigenvalue weighted by molar-refractivity contribution is 6.30. The summed E-state index contributed by atoms with van der Waals surface area (Å²) in [6.07, 6.45) is 3.60. The number of nitrogens with zero attached hydrogens (tertiary/aromatic N) is 1. The van der Waals surface area contributed by atoms with E-state index in [0.717, 1.165) is 29.8 Å². The third kappa shape index (κ3) is 4.47. The van der Waals surface area contributed by atoms with Gasteiger partial charge in [0.15, 0.2) is 0 Å². The maximum absolute atomic E-state index is 12.7. The van der Waals surface area contributed by atoms with Gasteiger partial charge in [0.25, 0.3) is 0 Å². The highest BCUT2D eigenvalue weighted by atomic mass is 35.5. The molecular formula is C24H28ClN3O2. The fraction of sp³-hybridized carbons (Fsp3) is 0.375. The quantitative estimate of drug-likeness (QED) is 0.660. The summed E-state index contributed by atoms with van der Waals surface area (Å²) in [4.78, 5) is 20.5. The van der Waals surface area contributed by atoms with Crippen LogP contribution in [0.4, 0.5) is 10.5 Å². The normalized spacial score (nSPS) is 18.1. The fourth-order valence-corrected chi connectivity index (χ4v) is 4.06. The van der Waals surface area contributed by atoms with Crippen molar-refractivity contribution in [3.8, 4) is 0 Å². The molecule has 1 fully saturated rings. The molecule has 2 aromatic carbocycles. The van der Waals surface area contributed by atoms with Crippen molar-refractivity contribution < 1.29 is 9.63 Å². The molecule has 2 heterocycles. The Balaban J connectivity index is 1.36. The highest BCUT2D eigenvalue weighted by Gasteiger charge is 2.39. The average Bonchev–Trinajstić information content (AvgIpc) is 3.12. The zero-order valence-electron chi connectivity index (χ0n) is 17.7. The van der Waals surface area contributed by atoms with Gasteiger partial charge in [-0.2, -0.15) is 0 Å². The minimum absolute atomic E-state index is 0.0710. The van der Waals surface area contributed by atoms with Crippen LogP contribution in [-0.4, -0.2) is 29.6 Å². The van der Waals surface area contributed by atoms with Gasteiger partial charge in [-0.15, -0.1) is 0 Å². The van der Waals surface area contributed by atoms with E-state index in [9.17, 15) is 4.79 Å². The number of hydrogen-bond acceptors (Lipinski definition) is 3. The fourth-order valence-electron chi connectivity index (χ4n) is 3.87. The predicted molar refractivity (Wildman–Crippen MR) is 121 cm³/mol. The van der Waals surface area contributed by atoms with Crippen LogP contribution in [0.5, 0.6) is 0 Å². The smallest absolute Gasteiger partial charge is 0.321 e. The minimum Gasteiger partial charge on any atom is -0.324 e. The lowest BCUT2D eigenvalue weighted by atomic mass is 9.87. The number of benzene rings is 2. The second kappa shape index (κ2) is 7.97. The van der Waals surface area contributed by atoms with Crippen molar-refractivity contribution in [2.45, 2.75) is 44.6 Å². The van der Waals surface area contributed by atoms with Gasteiger partial charge in [0.05, 0.1) is 5.70 Å². The molecule has 30 heavy (non-hydrogen) atoms. The van der Waals surface area contributed by atoms with E-state index in [4.69, 9.17) is 16.4 Å². The van der Waals surface area contributed by atoms with Crippen LogP contribution in [0, 0.1) is 0 Å². The molecule has 2 aromatic rings. The lowest BCUT2D eigenvalue weighted by Gasteiger charge is -2.36. The van der Waals surface area contributed by atoms with Crippen molar-refractivity contribution in [3.05, 3.63) is 70.8 Å². The maximum atomic E-state index is 12.7. The summed E-state index contributed by atoms with van der Waals surface area (Å²) in [5, 5.41) is 3.70. The number of piperidine rings is 1. The third-order valence-corrected chi connectivity index (χ3v) is 6.04. The molecule has 158 valence electrons. The van der Waals surface area contributed by atoms with Crippen molar-refractivity contribution >= 4 is 29.0 Å². The Bertz CT molecular complexity index is 955. The second-order valence-electron chi connectivity index (χ2n) is 9.08. The summed E-state index contributed by atoms with van der Waals surface area (Å²) in [6.45, 7) is 7.79. The Morgan fingerprint density at radius 2 is 1.83 bits per heavy atom. The molecule has 0 radical (unpaired) electrons. The molecular weight excluding hydrogens is 398 g/mol. The van der Waals surface area contributed by atoms with E-state index in [-0.39, 0.29) is 17.0 Å². The molecule has 1 saturated heterocycles. The van der Waals surface area contributed by atoms with Crippen LogP contribution in [-0.2, 0) is 10.3 Å². The summed E-state index contributed by atoms with van der Waals surface area (Å²) in [7, 11) is 0. The summed E-state index contributed by atoms with van der Waals surface area (Å²) in [6, 6.07) is 15.7. The largest absolute Gasteiger partial charge is 0.324 e. The predicted octanol–water partition coefficient (Wildman–Crippen LogP) is 5.58. The van der Waals surface area contributed by atoms with Crippen LogP contribution < -0.4 is 10.8 Å². The Kier molecular flexibility index (Phi) is 5.51. The zero-order valence-corrected chi connectivity index (χ0v) is 18.4. The number of likely N-dealkylation sites (tertiary alicyclic amines) is 1. The number of hydrogen-bond donors (Lipinski definition) is 2. The number of amides is 2. The number of carbonyl (C=O) groups is 1. The van der Waals surface area contributed by atoms with Crippen molar-refractivity contribution in [2.75, 3.05) is 18.4 Å². The van der Waals surface area contributed by atoms with Crippen LogP contribution in [0.1, 0.15) is 44.7 Å². The first kappa shape index (κ1) is 20.8. The Morgan fingerprint density at radius 1 is 1.13 bits per heavy atom. The van der Waals surface area contributed by atoms with Gasteiger partial charge in [0.1, 0.15) is 5.60 Å². The number of rotatable bonds is 2. The van der Waals surface area contributed by atoms with Crippen molar-refractivity contribution in [3.63, 3.8) is 0 Å². The maximum Gasteiger partial charge on any atom is 0.321 e. The standard InChI is InChI=1S/C24H28ClN3O2/c1-23(2,3)18-7-9-20(10-8-18)26-22(29)28-13-11-24(12-14-28)16-21(27-30-24)17-5-4-6-19(25)15-17/h4-10,15-16,27H,11-14H2,1-3H3,(H,26,29). The molecule has 0 aromatic heterocycles. The molecule has 2 amide bonds. The monoisotopic (exact) mass is 425 g/mol. The molecule has 5 nitrogen and oxygen atoms in total. The van der Waals surface area contributed by atoms with Crippen molar-refractivity contribution in [2.24, 2.45) is 0 Å². The van der Waals surface area contributed by atoms with E-state index < -0.39 is 0 Å². The van der Waals surface area contributed by atoms with Gasteiger partial charge in [0, 0.05) is 42.2 Å². The van der Waals surface area contributed by atoms with E-state index in [2.05, 4.69) is 49.8 Å². The van der Waals surface area contributed by atoms with Gasteiger partial charge in [-0.05, 0) is 41.3 Å². The second-order valence-corrected chi connectivity index (χ2v) is 9.52. The van der Waals surface area contributed by atoms with Gasteiger partial charge in [-0.25, -0.2) is 4.79 Å². The van der Waals surface area contributed by atoms with Gasteiger partial charge in [-0.1, -0.05) is 56.6 Å². The van der Waals surface area contributed by atoms with Crippen LogP contribution in [0.15, 0.2) is 54.6 Å². The van der Waals surface area contributed by atoms with Gasteiger partial charge >= 0.3 is 6.03 Å². The van der Waals surface area contributed by atoms with Crippen LogP contribution >= 0.6 is 11.6 Å². The summed E-state index contributed by atoms with van der Waals surface area (Å²) < 4.78 is 0. The van der Waals surface area contributed by atoms with Crippen LogP contribution in [0.2, 0.25) is 5.02 Å². The van der Waals surface area contributed by atoms with E-state index in [0.29, 0.717) is 18.1 Å². The molecule has 4 rings (SSSR count). The number of anilines is 1. The molecule has 2 aliphatic rings. The molecule has 1 spiro atoms. The van der Waals surface area contributed by atoms with E-state index in [1.165, 1.54) is 5.56 Å². The molecule has 6 heteroatoms. The average molecular weight is 426 g/mol. The Hall–Kier alpha value is -2.50. The summed E-state index contributed by atoms with van der Waals surface area (Å²) in [5.74, 6) is 0. The van der Waals surface area contributed by atoms with E-state index in [1.54, 1.807) is 0 Å². The molecule has 2 aliphatic heterocycles. The number of halogens is 1. The van der Waals surface area contributed by atoms with Crippen LogP contribution in [0.3, 0.4) is 0 Å². The highest BCUT2D eigenvalue weighted by Crippen LogP contribution is 2.35. The Morgan fingerprint density at radius 3 is 2.47 bits per heavy atom. The first-order chi connectivity index (χ1) is 14.2. The number of hydroxylamine groups is 1. The van der Waals surface area contributed by atoms with E-state index >= 15 is 0 Å². The first-order valence-corrected chi connectivity index (χ1v) is 10.7. The summed E-state index contributed by atoms with van der Waals surface area (Å²) >= 11 is 6.10. The number of urea groups is 1. The molecule has 0 bridgehead atoms. The first-order valence-electron chi connectivity index (χ1n) is 10.3. The molecule has 0 unspecified atom stereocenters. The zero-order chi connectivity index (χ0) is 21.4. The van der Waals surface area contributed by atoms with Gasteiger partial charge < -0.3 is 10.2 Å². The van der Waals surface area contributed by atoms with E-state index in [1.807, 2.05) is 41.3 Å².